The van der Waals surface area contributed by atoms with Crippen LogP contribution in [0, 0.1) is 0 Å². The third kappa shape index (κ3) is 15.0. The Hall–Kier alpha value is -1.27. The number of rotatable bonds is 17. The van der Waals surface area contributed by atoms with Crippen molar-refractivity contribution < 1.29 is 14.6 Å². The van der Waals surface area contributed by atoms with E-state index in [0.717, 1.165) is 30.7 Å². The number of aliphatic hydroxyl groups excluding tert-OH is 1. The molecule has 0 saturated carbocycles. The molecule has 0 rings (SSSR count). The van der Waals surface area contributed by atoms with Crippen molar-refractivity contribution in [3.05, 3.63) is 11.9 Å². The van der Waals surface area contributed by atoms with Crippen LogP contribution in [-0.4, -0.2) is 35.3 Å². The van der Waals surface area contributed by atoms with Crippen molar-refractivity contribution in [2.75, 3.05) is 13.2 Å². The minimum atomic E-state index is -0.346. The Morgan fingerprint density at radius 2 is 1.50 bits per heavy atom. The van der Waals surface area contributed by atoms with Gasteiger partial charge >= 0.3 is 5.97 Å². The fourth-order valence-corrected chi connectivity index (χ4v) is 2.89. The zero-order valence-electron chi connectivity index (χ0n) is 16.9. The second kappa shape index (κ2) is 17.2. The van der Waals surface area contributed by atoms with Gasteiger partial charge in [0, 0.05) is 6.20 Å². The number of nitrogens with zero attached hydrogens (tertiary/aromatic N) is 1. The van der Waals surface area contributed by atoms with Crippen LogP contribution in [0.25, 0.3) is 0 Å². The van der Waals surface area contributed by atoms with Crippen LogP contribution in [0.1, 0.15) is 90.9 Å². The molecule has 0 radical (unpaired) electrons. The van der Waals surface area contributed by atoms with Gasteiger partial charge in [-0.2, -0.15) is 0 Å². The lowest BCUT2D eigenvalue weighted by molar-refractivity contribution is -0.150. The second-order valence-corrected chi connectivity index (χ2v) is 7.05. The van der Waals surface area contributed by atoms with Gasteiger partial charge in [0.25, 0.3) is 0 Å². The summed E-state index contributed by atoms with van der Waals surface area (Å²) in [6.07, 6.45) is 15.2. The van der Waals surface area contributed by atoms with Gasteiger partial charge in [-0.15, -0.1) is 0 Å². The molecule has 26 heavy (non-hydrogen) atoms. The van der Waals surface area contributed by atoms with E-state index < -0.39 is 0 Å². The fourth-order valence-electron chi connectivity index (χ4n) is 2.89. The fraction of sp³-hybridized carbons (Fsp3) is 0.850. The number of aliphatic hydroxyl groups is 1. The molecular formula is C20H41N3O3. The average Bonchev–Trinajstić information content (AvgIpc) is 2.60. The van der Waals surface area contributed by atoms with Gasteiger partial charge in [-0.1, -0.05) is 65.2 Å². The number of carbonyl (C=O) groups excluding carboxylic acids is 1. The number of hydrazine groups is 1. The number of hydrogen-bond acceptors (Lipinski definition) is 6. The lowest BCUT2D eigenvalue weighted by Gasteiger charge is -2.20. The molecule has 0 bridgehead atoms. The summed E-state index contributed by atoms with van der Waals surface area (Å²) in [5.41, 5.74) is 5.71. The highest BCUT2D eigenvalue weighted by atomic mass is 16.5. The summed E-state index contributed by atoms with van der Waals surface area (Å²) in [5.74, 6) is 5.35. The highest BCUT2D eigenvalue weighted by Crippen LogP contribution is 2.16. The van der Waals surface area contributed by atoms with Crippen molar-refractivity contribution in [3.63, 3.8) is 0 Å². The summed E-state index contributed by atoms with van der Waals surface area (Å²) >= 11 is 0. The quantitative estimate of drug-likeness (QED) is 0.156. The maximum atomic E-state index is 12.1. The predicted molar refractivity (Wildman–Crippen MR) is 107 cm³/mol. The Labute approximate surface area is 159 Å². The number of carbonyl (C=O) groups is 1. The summed E-state index contributed by atoms with van der Waals surface area (Å²) in [7, 11) is 0. The highest BCUT2D eigenvalue weighted by molar-refractivity contribution is 5.71. The normalized spacial score (nSPS) is 12.8. The van der Waals surface area contributed by atoms with E-state index in [0.29, 0.717) is 0 Å². The molecule has 0 aliphatic carbocycles. The first-order valence-corrected chi connectivity index (χ1v) is 10.3. The summed E-state index contributed by atoms with van der Waals surface area (Å²) in [6, 6.07) is 0. The Kier molecular flexibility index (Phi) is 16.3. The van der Waals surface area contributed by atoms with Crippen LogP contribution in [0.2, 0.25) is 0 Å². The van der Waals surface area contributed by atoms with E-state index in [2.05, 4.69) is 13.8 Å². The van der Waals surface area contributed by atoms with Gasteiger partial charge in [0.05, 0.1) is 12.3 Å². The third-order valence-corrected chi connectivity index (χ3v) is 4.38. The molecule has 1 unspecified atom stereocenters. The molecule has 0 aromatic heterocycles. The maximum absolute atomic E-state index is 12.1. The molecule has 0 fully saturated rings. The minimum absolute atomic E-state index is 0.0295. The van der Waals surface area contributed by atoms with Gasteiger partial charge < -0.3 is 20.6 Å². The topological polar surface area (TPSA) is 102 Å². The van der Waals surface area contributed by atoms with E-state index in [1.54, 1.807) is 0 Å². The average molecular weight is 372 g/mol. The number of ether oxygens (including phenoxy) is 1. The predicted octanol–water partition coefficient (Wildman–Crippen LogP) is 3.59. The zero-order valence-corrected chi connectivity index (χ0v) is 16.9. The van der Waals surface area contributed by atoms with Crippen molar-refractivity contribution >= 4 is 5.97 Å². The van der Waals surface area contributed by atoms with Crippen molar-refractivity contribution in [1.82, 2.24) is 5.01 Å². The van der Waals surface area contributed by atoms with Gasteiger partial charge in [0.2, 0.25) is 0 Å². The van der Waals surface area contributed by atoms with Crippen LogP contribution in [0.3, 0.4) is 0 Å². The number of unbranched alkanes of at least 4 members (excludes halogenated alkanes) is 8. The minimum Gasteiger partial charge on any atom is -0.461 e. The smallest absolute Gasteiger partial charge is 0.327 e. The first-order chi connectivity index (χ1) is 12.5. The molecule has 0 amide bonds. The Balaban J connectivity index is 4.28. The van der Waals surface area contributed by atoms with E-state index in [1.165, 1.54) is 57.6 Å². The lowest BCUT2D eigenvalue weighted by atomic mass is 10.0. The van der Waals surface area contributed by atoms with Crippen molar-refractivity contribution in [2.45, 2.75) is 97.0 Å². The van der Waals surface area contributed by atoms with Crippen LogP contribution < -0.4 is 11.6 Å². The van der Waals surface area contributed by atoms with Crippen molar-refractivity contribution in [3.8, 4) is 0 Å². The van der Waals surface area contributed by atoms with E-state index in [-0.39, 0.29) is 30.9 Å². The summed E-state index contributed by atoms with van der Waals surface area (Å²) in [6.45, 7) is 4.05. The number of hydrogen-bond donors (Lipinski definition) is 3. The van der Waals surface area contributed by atoms with Crippen LogP contribution in [0.5, 0.6) is 0 Å². The van der Waals surface area contributed by atoms with E-state index in [1.807, 2.05) is 0 Å². The van der Waals surface area contributed by atoms with E-state index >= 15 is 0 Å². The molecule has 0 heterocycles. The monoisotopic (exact) mass is 371 g/mol. The third-order valence-electron chi connectivity index (χ3n) is 4.38. The van der Waals surface area contributed by atoms with Gasteiger partial charge in [0.15, 0.2) is 0 Å². The molecule has 1 atom stereocenters. The number of esters is 1. The van der Waals surface area contributed by atoms with Crippen LogP contribution in [-0.2, 0) is 9.53 Å². The molecule has 0 aliphatic heterocycles. The Bertz CT molecular complexity index is 375. The molecule has 5 N–H and O–H groups in total. The summed E-state index contributed by atoms with van der Waals surface area (Å²) in [5, 5.41) is 10.0. The first-order valence-electron chi connectivity index (χ1n) is 10.3. The first kappa shape index (κ1) is 24.7. The van der Waals surface area contributed by atoms with Crippen LogP contribution >= 0.6 is 0 Å². The van der Waals surface area contributed by atoms with Crippen molar-refractivity contribution in [1.29, 1.82) is 0 Å². The van der Waals surface area contributed by atoms with Gasteiger partial charge in [-0.05, 0) is 25.7 Å². The molecule has 0 aromatic rings. The molecule has 6 nitrogen and oxygen atoms in total. The molecule has 0 aromatic carbocycles. The molecule has 0 saturated heterocycles. The van der Waals surface area contributed by atoms with Crippen molar-refractivity contribution in [2.24, 2.45) is 11.6 Å². The SMILES string of the molecule is CCCCCCCCC(CCCCCC)OC(=O)CN(N)/C=C(\N)CO. The summed E-state index contributed by atoms with van der Waals surface area (Å²) in [4.78, 5) is 12.1. The van der Waals surface area contributed by atoms with E-state index in [4.69, 9.17) is 21.4 Å². The molecule has 0 spiro atoms. The summed E-state index contributed by atoms with van der Waals surface area (Å²) < 4.78 is 5.65. The molecule has 6 heteroatoms. The second-order valence-electron chi connectivity index (χ2n) is 7.05. The number of nitrogens with two attached hydrogens (primary N) is 2. The van der Waals surface area contributed by atoms with Crippen LogP contribution in [0.4, 0.5) is 0 Å². The van der Waals surface area contributed by atoms with Gasteiger partial charge in [-0.3, -0.25) is 4.79 Å². The Morgan fingerprint density at radius 1 is 1.00 bits per heavy atom. The van der Waals surface area contributed by atoms with Gasteiger partial charge in [-0.25, -0.2) is 5.84 Å². The van der Waals surface area contributed by atoms with Gasteiger partial charge in [0.1, 0.15) is 12.6 Å². The standard InChI is InChI=1S/C20H41N3O3/c1-3-5-7-9-10-12-14-19(13-11-8-6-4-2)26-20(25)16-23(22)15-18(21)17-24/h15,19,24H,3-14,16-17,21-22H2,1-2H3/b18-15-. The zero-order chi connectivity index (χ0) is 19.6. The van der Waals surface area contributed by atoms with Crippen LogP contribution in [0.15, 0.2) is 11.9 Å². The largest absolute Gasteiger partial charge is 0.461 e. The molecular weight excluding hydrogens is 330 g/mol. The Morgan fingerprint density at radius 3 is 2.04 bits per heavy atom. The lowest BCUT2D eigenvalue weighted by Crippen LogP contribution is -2.35. The molecule has 0 aliphatic rings. The maximum Gasteiger partial charge on any atom is 0.327 e. The van der Waals surface area contributed by atoms with E-state index in [9.17, 15) is 4.79 Å². The highest BCUT2D eigenvalue weighted by Gasteiger charge is 2.15. The molecule has 154 valence electrons.